The van der Waals surface area contributed by atoms with Crippen LogP contribution >= 0.6 is 11.8 Å². The predicted molar refractivity (Wildman–Crippen MR) is 119 cm³/mol. The number of amides is 2. The highest BCUT2D eigenvalue weighted by atomic mass is 32.2. The number of benzene rings is 3. The van der Waals surface area contributed by atoms with Gasteiger partial charge in [0.05, 0.1) is 25.1 Å². The van der Waals surface area contributed by atoms with Crippen molar-refractivity contribution >= 4 is 35.0 Å². The highest BCUT2D eigenvalue weighted by Gasteiger charge is 2.60. The molecular formula is C24H19FN2O3S. The maximum atomic E-state index is 13.9. The fraction of sp³-hybridized carbons (Fsp3) is 0.167. The van der Waals surface area contributed by atoms with Crippen molar-refractivity contribution < 1.29 is 18.7 Å². The molecule has 1 spiro atoms. The summed E-state index contributed by atoms with van der Waals surface area (Å²) in [6.45, 7) is 0.348. The van der Waals surface area contributed by atoms with Gasteiger partial charge in [-0.15, -0.1) is 11.8 Å². The summed E-state index contributed by atoms with van der Waals surface area (Å²) in [4.78, 5) is 28.9. The van der Waals surface area contributed by atoms with E-state index in [4.69, 9.17) is 4.74 Å². The second-order valence-corrected chi connectivity index (χ2v) is 8.57. The van der Waals surface area contributed by atoms with Gasteiger partial charge in [-0.25, -0.2) is 4.39 Å². The number of methoxy groups -OCH3 is 1. The molecule has 7 heteroatoms. The molecule has 0 bridgehead atoms. The molecule has 156 valence electrons. The second kappa shape index (κ2) is 7.42. The van der Waals surface area contributed by atoms with Gasteiger partial charge >= 0.3 is 0 Å². The average molecular weight is 434 g/mol. The number of halogens is 1. The molecule has 0 aliphatic carbocycles. The molecule has 0 unspecified atom stereocenters. The number of nitrogens with zero attached hydrogens (tertiary/aromatic N) is 2. The SMILES string of the molecule is COc1cccc(CN2C(=O)[C@]3(SCC(=O)N3c3ccc(F)cc3)c3ccccc32)c1. The van der Waals surface area contributed by atoms with E-state index in [9.17, 15) is 14.0 Å². The number of fused-ring (bicyclic) bond motifs is 2. The Morgan fingerprint density at radius 2 is 1.81 bits per heavy atom. The quantitative estimate of drug-likeness (QED) is 0.614. The van der Waals surface area contributed by atoms with Crippen molar-refractivity contribution in [3.05, 3.63) is 89.7 Å². The number of carbonyl (C=O) groups is 2. The van der Waals surface area contributed by atoms with Crippen molar-refractivity contribution in [2.75, 3.05) is 22.7 Å². The summed E-state index contributed by atoms with van der Waals surface area (Å²) >= 11 is 1.31. The Labute approximate surface area is 183 Å². The second-order valence-electron chi connectivity index (χ2n) is 7.40. The van der Waals surface area contributed by atoms with Crippen LogP contribution in [-0.2, 0) is 21.0 Å². The van der Waals surface area contributed by atoms with E-state index in [1.807, 2.05) is 48.5 Å². The Hall–Kier alpha value is -3.32. The largest absolute Gasteiger partial charge is 0.497 e. The van der Waals surface area contributed by atoms with Crippen LogP contribution in [0.5, 0.6) is 5.75 Å². The minimum absolute atomic E-state index is 0.171. The summed E-state index contributed by atoms with van der Waals surface area (Å²) in [6, 6.07) is 20.8. The fourth-order valence-corrected chi connectivity index (χ4v) is 5.62. The number of ether oxygens (including phenoxy) is 1. The first kappa shape index (κ1) is 19.6. The molecule has 5 rings (SSSR count). The molecule has 31 heavy (non-hydrogen) atoms. The molecule has 1 atom stereocenters. The van der Waals surface area contributed by atoms with Gasteiger partial charge in [0.25, 0.3) is 5.91 Å². The molecule has 2 heterocycles. The molecule has 0 radical (unpaired) electrons. The number of hydrogen-bond donors (Lipinski definition) is 0. The van der Waals surface area contributed by atoms with Crippen molar-refractivity contribution in [2.45, 2.75) is 11.4 Å². The van der Waals surface area contributed by atoms with Crippen molar-refractivity contribution in [3.8, 4) is 5.75 Å². The highest BCUT2D eigenvalue weighted by molar-refractivity contribution is 8.02. The Morgan fingerprint density at radius 3 is 2.58 bits per heavy atom. The van der Waals surface area contributed by atoms with E-state index in [1.54, 1.807) is 24.1 Å². The van der Waals surface area contributed by atoms with Crippen molar-refractivity contribution in [1.29, 1.82) is 0 Å². The summed E-state index contributed by atoms with van der Waals surface area (Å²) in [5, 5.41) is 0. The summed E-state index contributed by atoms with van der Waals surface area (Å²) < 4.78 is 18.8. The first-order chi connectivity index (χ1) is 15.0. The van der Waals surface area contributed by atoms with Crippen LogP contribution in [0.15, 0.2) is 72.8 Å². The zero-order valence-electron chi connectivity index (χ0n) is 16.7. The summed E-state index contributed by atoms with van der Waals surface area (Å²) in [6.07, 6.45) is 0. The smallest absolute Gasteiger partial charge is 0.269 e. The number of anilines is 2. The van der Waals surface area contributed by atoms with E-state index in [2.05, 4.69) is 0 Å². The number of thioether (sulfide) groups is 1. The van der Waals surface area contributed by atoms with E-state index >= 15 is 0 Å². The van der Waals surface area contributed by atoms with E-state index in [1.165, 1.54) is 28.8 Å². The fourth-order valence-electron chi connectivity index (χ4n) is 4.26. The van der Waals surface area contributed by atoms with Crippen LogP contribution in [-0.4, -0.2) is 24.7 Å². The molecule has 2 amide bonds. The van der Waals surface area contributed by atoms with Crippen LogP contribution in [0.1, 0.15) is 11.1 Å². The zero-order chi connectivity index (χ0) is 21.6. The van der Waals surface area contributed by atoms with Crippen LogP contribution in [0.2, 0.25) is 0 Å². The van der Waals surface area contributed by atoms with Crippen molar-refractivity contribution in [1.82, 2.24) is 0 Å². The summed E-state index contributed by atoms with van der Waals surface area (Å²) in [5.74, 6) is 0.129. The van der Waals surface area contributed by atoms with E-state index in [0.29, 0.717) is 18.0 Å². The maximum Gasteiger partial charge on any atom is 0.269 e. The minimum atomic E-state index is -1.20. The van der Waals surface area contributed by atoms with Crippen LogP contribution in [0.4, 0.5) is 15.8 Å². The average Bonchev–Trinajstić information content (AvgIpc) is 3.26. The number of hydrogen-bond acceptors (Lipinski definition) is 4. The van der Waals surface area contributed by atoms with Crippen molar-refractivity contribution in [2.24, 2.45) is 0 Å². The molecule has 5 nitrogen and oxygen atoms in total. The van der Waals surface area contributed by atoms with Gasteiger partial charge in [-0.3, -0.25) is 14.5 Å². The Kier molecular flexibility index (Phi) is 4.70. The van der Waals surface area contributed by atoms with Crippen LogP contribution in [0, 0.1) is 5.82 Å². The van der Waals surface area contributed by atoms with Gasteiger partial charge < -0.3 is 9.64 Å². The maximum absolute atomic E-state index is 13.9. The van der Waals surface area contributed by atoms with E-state index in [-0.39, 0.29) is 17.6 Å². The normalized spacial score (nSPS) is 19.9. The topological polar surface area (TPSA) is 49.9 Å². The lowest BCUT2D eigenvalue weighted by molar-refractivity contribution is -0.123. The lowest BCUT2D eigenvalue weighted by atomic mass is 10.0. The number of carbonyl (C=O) groups excluding carboxylic acids is 2. The zero-order valence-corrected chi connectivity index (χ0v) is 17.6. The van der Waals surface area contributed by atoms with Gasteiger partial charge in [-0.1, -0.05) is 30.3 Å². The van der Waals surface area contributed by atoms with Crippen LogP contribution in [0.3, 0.4) is 0 Å². The third-order valence-electron chi connectivity index (χ3n) is 5.62. The van der Waals surface area contributed by atoms with E-state index < -0.39 is 10.7 Å². The standard InChI is InChI=1S/C24H19FN2O3S/c1-30-19-6-4-5-16(13-19)14-26-21-8-3-2-7-20(21)24(23(26)29)27(22(28)15-31-24)18-11-9-17(25)10-12-18/h2-13H,14-15H2,1H3/t24-/m1/s1. The summed E-state index contributed by atoms with van der Waals surface area (Å²) in [7, 11) is 1.60. The lowest BCUT2D eigenvalue weighted by Crippen LogP contribution is -2.49. The molecule has 2 aliphatic rings. The van der Waals surface area contributed by atoms with Crippen LogP contribution < -0.4 is 14.5 Å². The molecule has 0 aromatic heterocycles. The third-order valence-corrected chi connectivity index (χ3v) is 7.01. The monoisotopic (exact) mass is 434 g/mol. The Morgan fingerprint density at radius 1 is 1.03 bits per heavy atom. The van der Waals surface area contributed by atoms with Gasteiger partial charge in [0, 0.05) is 11.3 Å². The van der Waals surface area contributed by atoms with Gasteiger partial charge in [-0.05, 0) is 48.0 Å². The highest BCUT2D eigenvalue weighted by Crippen LogP contribution is 2.55. The molecule has 3 aromatic rings. The van der Waals surface area contributed by atoms with Gasteiger partial charge in [0.2, 0.25) is 10.8 Å². The number of rotatable bonds is 4. The Balaban J connectivity index is 1.61. The Bertz CT molecular complexity index is 1180. The van der Waals surface area contributed by atoms with Crippen LogP contribution in [0.25, 0.3) is 0 Å². The number of para-hydroxylation sites is 1. The first-order valence-corrected chi connectivity index (χ1v) is 10.8. The molecule has 0 N–H and O–H groups in total. The minimum Gasteiger partial charge on any atom is -0.497 e. The molecule has 1 fully saturated rings. The molecule has 0 saturated carbocycles. The van der Waals surface area contributed by atoms with Gasteiger partial charge in [0.15, 0.2) is 0 Å². The van der Waals surface area contributed by atoms with E-state index in [0.717, 1.165) is 16.8 Å². The lowest BCUT2D eigenvalue weighted by Gasteiger charge is -2.33. The third kappa shape index (κ3) is 2.99. The molecule has 1 saturated heterocycles. The predicted octanol–water partition coefficient (Wildman–Crippen LogP) is 4.31. The summed E-state index contributed by atoms with van der Waals surface area (Å²) in [5.41, 5.74) is 2.96. The molecule has 3 aromatic carbocycles. The molecular weight excluding hydrogens is 415 g/mol. The first-order valence-electron chi connectivity index (χ1n) is 9.81. The molecule has 2 aliphatic heterocycles. The van der Waals surface area contributed by atoms with Crippen molar-refractivity contribution in [3.63, 3.8) is 0 Å². The van der Waals surface area contributed by atoms with Gasteiger partial charge in [-0.2, -0.15) is 0 Å². The van der Waals surface area contributed by atoms with Gasteiger partial charge in [0.1, 0.15) is 11.6 Å².